The summed E-state index contributed by atoms with van der Waals surface area (Å²) in [5, 5.41) is 0.103. The van der Waals surface area contributed by atoms with E-state index in [-0.39, 0.29) is 17.4 Å². The van der Waals surface area contributed by atoms with Crippen LogP contribution < -0.4 is 0 Å². The van der Waals surface area contributed by atoms with Crippen LogP contribution in [0.25, 0.3) is 10.9 Å². The van der Waals surface area contributed by atoms with Crippen molar-refractivity contribution < 1.29 is 9.18 Å². The standard InChI is InChI=1S/C18H12ClFN2O/c1-21-10-18(23)13-4-5-22-17-9-12(7-14(13)17)6-11-2-3-15(19)16(20)8-11/h2-5,8-9H,6-7,10H2. The zero-order chi connectivity index (χ0) is 16.4. The third kappa shape index (κ3) is 3.15. The molecular formula is C18H12ClFN2O. The quantitative estimate of drug-likeness (QED) is 0.624. The van der Waals surface area contributed by atoms with Gasteiger partial charge in [0.1, 0.15) is 5.82 Å². The number of benzene rings is 1. The Morgan fingerprint density at radius 3 is 2.96 bits per heavy atom. The first-order valence-electron chi connectivity index (χ1n) is 7.06. The number of rotatable bonds is 4. The molecule has 0 unspecified atom stereocenters. The topological polar surface area (TPSA) is 34.3 Å². The third-order valence-corrected chi connectivity index (χ3v) is 4.08. The first-order chi connectivity index (χ1) is 11.1. The molecule has 2 aromatic rings. The summed E-state index contributed by atoms with van der Waals surface area (Å²) in [7, 11) is 0. The molecule has 1 aromatic heterocycles. The Morgan fingerprint density at radius 1 is 1.39 bits per heavy atom. The smallest absolute Gasteiger partial charge is 0.276 e. The second-order valence-corrected chi connectivity index (χ2v) is 5.77. The van der Waals surface area contributed by atoms with E-state index in [0.29, 0.717) is 18.4 Å². The van der Waals surface area contributed by atoms with E-state index in [4.69, 9.17) is 18.2 Å². The molecule has 0 bridgehead atoms. The second-order valence-electron chi connectivity index (χ2n) is 5.37. The molecule has 0 saturated carbocycles. The maximum absolute atomic E-state index is 13.5. The molecular weight excluding hydrogens is 315 g/mol. The maximum atomic E-state index is 13.5. The van der Waals surface area contributed by atoms with E-state index in [1.54, 1.807) is 18.3 Å². The van der Waals surface area contributed by atoms with Crippen LogP contribution in [0.2, 0.25) is 5.02 Å². The Bertz CT molecular complexity index is 868. The molecule has 1 aliphatic rings. The number of pyridine rings is 1. The van der Waals surface area contributed by atoms with Gasteiger partial charge in [-0.05, 0) is 48.2 Å². The summed E-state index contributed by atoms with van der Waals surface area (Å²) in [5.41, 5.74) is 4.03. The molecule has 3 nitrogen and oxygen atoms in total. The molecule has 5 heteroatoms. The average Bonchev–Trinajstić information content (AvgIpc) is 2.93. The first-order valence-corrected chi connectivity index (χ1v) is 7.44. The Kier molecular flexibility index (Phi) is 4.22. The third-order valence-electron chi connectivity index (χ3n) is 3.77. The van der Waals surface area contributed by atoms with Crippen LogP contribution in [0.15, 0.2) is 36.0 Å². The van der Waals surface area contributed by atoms with Crippen LogP contribution in [-0.4, -0.2) is 17.3 Å². The normalized spacial score (nSPS) is 12.5. The van der Waals surface area contributed by atoms with Gasteiger partial charge in [0.05, 0.1) is 10.7 Å². The van der Waals surface area contributed by atoms with E-state index >= 15 is 0 Å². The van der Waals surface area contributed by atoms with Crippen molar-refractivity contribution in [2.45, 2.75) is 12.8 Å². The Balaban J connectivity index is 1.83. The number of allylic oxidation sites excluding steroid dienone is 1. The van der Waals surface area contributed by atoms with Crippen molar-refractivity contribution in [1.29, 1.82) is 0 Å². The fraction of sp³-hybridized carbons (Fsp3) is 0.167. The number of halogens is 2. The number of aromatic nitrogens is 1. The average molecular weight is 327 g/mol. The molecule has 1 heterocycles. The van der Waals surface area contributed by atoms with E-state index in [9.17, 15) is 9.18 Å². The molecule has 3 rings (SSSR count). The van der Waals surface area contributed by atoms with Gasteiger partial charge in [-0.25, -0.2) is 11.0 Å². The van der Waals surface area contributed by atoms with Gasteiger partial charge in [-0.1, -0.05) is 23.2 Å². The Morgan fingerprint density at radius 2 is 2.22 bits per heavy atom. The van der Waals surface area contributed by atoms with Crippen LogP contribution in [0.3, 0.4) is 0 Å². The summed E-state index contributed by atoms with van der Waals surface area (Å²) in [5.74, 6) is -0.628. The lowest BCUT2D eigenvalue weighted by atomic mass is 9.99. The minimum Gasteiger partial charge on any atom is -0.308 e. The molecule has 1 aromatic carbocycles. The summed E-state index contributed by atoms with van der Waals surface area (Å²) in [6.45, 7) is 6.68. The Labute approximate surface area is 138 Å². The molecule has 0 amide bonds. The molecule has 23 heavy (non-hydrogen) atoms. The van der Waals surface area contributed by atoms with Crippen molar-refractivity contribution in [3.05, 3.63) is 80.7 Å². The molecule has 0 fully saturated rings. The summed E-state index contributed by atoms with van der Waals surface area (Å²) in [6.07, 6.45) is 4.67. The second kappa shape index (κ2) is 6.31. The predicted molar refractivity (Wildman–Crippen MR) is 86.8 cm³/mol. The van der Waals surface area contributed by atoms with Crippen LogP contribution in [-0.2, 0) is 12.8 Å². The van der Waals surface area contributed by atoms with Gasteiger partial charge in [0.15, 0.2) is 0 Å². The molecule has 0 radical (unpaired) electrons. The summed E-state index contributed by atoms with van der Waals surface area (Å²) >= 11 is 5.69. The monoisotopic (exact) mass is 326 g/mol. The zero-order valence-electron chi connectivity index (χ0n) is 12.1. The predicted octanol–water partition coefficient (Wildman–Crippen LogP) is 4.16. The fourth-order valence-electron chi connectivity index (χ4n) is 2.73. The van der Waals surface area contributed by atoms with Gasteiger partial charge in [-0.3, -0.25) is 9.78 Å². The Hall–Kier alpha value is -2.51. The van der Waals surface area contributed by atoms with Crippen molar-refractivity contribution >= 4 is 23.5 Å². The first kappa shape index (κ1) is 15.4. The molecule has 0 N–H and O–H groups in total. The summed E-state index contributed by atoms with van der Waals surface area (Å²) < 4.78 is 13.5. The molecule has 0 atom stereocenters. The number of hydrogen-bond acceptors (Lipinski definition) is 2. The fourth-order valence-corrected chi connectivity index (χ4v) is 2.85. The number of Topliss-reactive ketones (excluding diaryl/α,β-unsaturated/α-hetero) is 1. The SMILES string of the molecule is [C-]#[N+]CC(=O)c1ccnc2c1CC(Cc1ccc(Cl)c(F)c1)=C2. The van der Waals surface area contributed by atoms with Gasteiger partial charge in [0, 0.05) is 11.8 Å². The molecule has 0 aliphatic heterocycles. The van der Waals surface area contributed by atoms with Crippen LogP contribution in [0.5, 0.6) is 0 Å². The van der Waals surface area contributed by atoms with Gasteiger partial charge < -0.3 is 4.85 Å². The summed E-state index contributed by atoms with van der Waals surface area (Å²) in [4.78, 5) is 19.5. The van der Waals surface area contributed by atoms with Crippen LogP contribution in [0, 0.1) is 12.4 Å². The van der Waals surface area contributed by atoms with Crippen LogP contribution >= 0.6 is 11.6 Å². The van der Waals surface area contributed by atoms with Crippen molar-refractivity contribution in [3.63, 3.8) is 0 Å². The number of hydrogen-bond donors (Lipinski definition) is 0. The minimum atomic E-state index is -0.439. The van der Waals surface area contributed by atoms with Gasteiger partial charge in [0.25, 0.3) is 6.54 Å². The minimum absolute atomic E-state index is 0.103. The highest BCUT2D eigenvalue weighted by molar-refractivity contribution is 6.30. The van der Waals surface area contributed by atoms with Gasteiger partial charge >= 0.3 is 0 Å². The number of nitrogens with zero attached hydrogens (tertiary/aromatic N) is 2. The van der Waals surface area contributed by atoms with Crippen LogP contribution in [0.4, 0.5) is 4.39 Å². The molecule has 0 spiro atoms. The van der Waals surface area contributed by atoms with E-state index in [1.165, 1.54) is 12.1 Å². The molecule has 1 aliphatic carbocycles. The van der Waals surface area contributed by atoms with Crippen molar-refractivity contribution in [3.8, 4) is 0 Å². The lowest BCUT2D eigenvalue weighted by Crippen LogP contribution is -2.07. The number of carbonyl (C=O) groups excluding carboxylic acids is 1. The highest BCUT2D eigenvalue weighted by atomic mass is 35.5. The largest absolute Gasteiger partial charge is 0.308 e. The zero-order valence-corrected chi connectivity index (χ0v) is 12.9. The van der Waals surface area contributed by atoms with Gasteiger partial charge in [0.2, 0.25) is 5.78 Å². The highest BCUT2D eigenvalue weighted by Gasteiger charge is 2.22. The summed E-state index contributed by atoms with van der Waals surface area (Å²) in [6, 6.07) is 6.40. The van der Waals surface area contributed by atoms with E-state index in [1.807, 2.05) is 6.08 Å². The van der Waals surface area contributed by atoms with E-state index < -0.39 is 5.82 Å². The van der Waals surface area contributed by atoms with Crippen molar-refractivity contribution in [2.75, 3.05) is 6.54 Å². The lowest BCUT2D eigenvalue weighted by molar-refractivity contribution is 0.101. The number of ketones is 1. The van der Waals surface area contributed by atoms with Crippen LogP contribution in [0.1, 0.15) is 27.2 Å². The van der Waals surface area contributed by atoms with E-state index in [0.717, 1.165) is 22.4 Å². The number of carbonyl (C=O) groups is 1. The van der Waals surface area contributed by atoms with Gasteiger partial charge in [-0.2, -0.15) is 0 Å². The highest BCUT2D eigenvalue weighted by Crippen LogP contribution is 2.29. The van der Waals surface area contributed by atoms with Crippen molar-refractivity contribution in [2.24, 2.45) is 0 Å². The van der Waals surface area contributed by atoms with Gasteiger partial charge in [-0.15, -0.1) is 0 Å². The van der Waals surface area contributed by atoms with Crippen molar-refractivity contribution in [1.82, 2.24) is 4.98 Å². The maximum Gasteiger partial charge on any atom is 0.276 e. The molecule has 0 saturated heterocycles. The lowest BCUT2D eigenvalue weighted by Gasteiger charge is -2.06. The van der Waals surface area contributed by atoms with E-state index in [2.05, 4.69) is 9.83 Å². The number of fused-ring (bicyclic) bond motifs is 1. The molecule has 114 valence electrons.